The lowest BCUT2D eigenvalue weighted by Gasteiger charge is -2.24. The largest absolute Gasteiger partial charge is 0.480 e. The van der Waals surface area contributed by atoms with Crippen molar-refractivity contribution in [3.8, 4) is 6.07 Å². The molecule has 11 heteroatoms. The molecular formula is C26H27Cl2N7O2. The first kappa shape index (κ1) is 26.4. The average molecular weight is 540 g/mol. The summed E-state index contributed by atoms with van der Waals surface area (Å²) in [7, 11) is 0. The summed E-state index contributed by atoms with van der Waals surface area (Å²) in [5.41, 5.74) is 9.58. The number of benzene rings is 2. The number of carbonyl (C=O) groups is 1. The number of nitrogens with zero attached hydrogens (tertiary/aromatic N) is 3. The Kier molecular flexibility index (Phi) is 7.64. The molecule has 4 rings (SSSR count). The van der Waals surface area contributed by atoms with Crippen molar-refractivity contribution < 1.29 is 9.90 Å². The van der Waals surface area contributed by atoms with E-state index in [4.69, 9.17) is 28.3 Å². The SMILES string of the molecule is CC(C)(C)CNc1c(C#N)cnc2c(Cl)cc(NC(C3=CN(CC(=O)O)NN3)c3ccccc3Cl)cc12. The van der Waals surface area contributed by atoms with E-state index in [2.05, 4.69) is 53.4 Å². The number of hydrazine groups is 2. The van der Waals surface area contributed by atoms with E-state index in [-0.39, 0.29) is 12.0 Å². The van der Waals surface area contributed by atoms with Crippen LogP contribution in [0.25, 0.3) is 10.9 Å². The molecule has 9 nitrogen and oxygen atoms in total. The highest BCUT2D eigenvalue weighted by Gasteiger charge is 2.25. The number of rotatable bonds is 8. The summed E-state index contributed by atoms with van der Waals surface area (Å²) in [6.45, 7) is 6.72. The highest BCUT2D eigenvalue weighted by Crippen LogP contribution is 2.37. The summed E-state index contributed by atoms with van der Waals surface area (Å²) < 4.78 is 0. The predicted octanol–water partition coefficient (Wildman–Crippen LogP) is 5.28. The molecule has 3 aromatic rings. The Bertz CT molecular complexity index is 1410. The summed E-state index contributed by atoms with van der Waals surface area (Å²) in [4.78, 5) is 15.6. The van der Waals surface area contributed by atoms with E-state index in [0.717, 1.165) is 5.56 Å². The summed E-state index contributed by atoms with van der Waals surface area (Å²) in [6, 6.07) is 12.8. The second-order valence-electron chi connectivity index (χ2n) is 9.87. The van der Waals surface area contributed by atoms with Gasteiger partial charge in [0.2, 0.25) is 0 Å². The topological polar surface area (TPSA) is 125 Å². The van der Waals surface area contributed by atoms with Gasteiger partial charge in [-0.3, -0.25) is 14.8 Å². The van der Waals surface area contributed by atoms with Gasteiger partial charge in [0.25, 0.3) is 0 Å². The Hall–Kier alpha value is -3.71. The Labute approximate surface area is 225 Å². The van der Waals surface area contributed by atoms with Gasteiger partial charge in [-0.25, -0.2) is 0 Å². The zero-order valence-electron chi connectivity index (χ0n) is 20.6. The van der Waals surface area contributed by atoms with E-state index in [9.17, 15) is 10.1 Å². The predicted molar refractivity (Wildman–Crippen MR) is 146 cm³/mol. The third-order valence-corrected chi connectivity index (χ3v) is 6.26. The summed E-state index contributed by atoms with van der Waals surface area (Å²) in [6.07, 6.45) is 3.19. The van der Waals surface area contributed by atoms with Crippen LogP contribution in [0, 0.1) is 16.7 Å². The molecule has 1 aliphatic rings. The van der Waals surface area contributed by atoms with Crippen molar-refractivity contribution in [2.24, 2.45) is 5.41 Å². The number of pyridine rings is 1. The number of nitrogens with one attached hydrogen (secondary N) is 4. The maximum Gasteiger partial charge on any atom is 0.324 e. The summed E-state index contributed by atoms with van der Waals surface area (Å²) in [5, 5.41) is 28.9. The minimum Gasteiger partial charge on any atom is -0.480 e. The number of carboxylic acids is 1. The second kappa shape index (κ2) is 10.7. The van der Waals surface area contributed by atoms with Crippen molar-refractivity contribution in [3.05, 3.63) is 75.7 Å². The standard InChI is InChI=1S/C26H27Cl2N7O2/c1-26(2,3)14-31-23-15(10-29)11-30-24-18(23)8-16(9-20(24)28)32-25(17-6-4-5-7-19(17)27)21-12-35(34-33-21)13-22(36)37/h4-9,11-12,25,32-34H,13-14H2,1-3H3,(H,30,31)(H,36,37). The van der Waals surface area contributed by atoms with Crippen molar-refractivity contribution in [2.45, 2.75) is 26.8 Å². The first-order valence-corrected chi connectivity index (χ1v) is 12.3. The Morgan fingerprint density at radius 3 is 2.68 bits per heavy atom. The normalized spacial score (nSPS) is 14.1. The first-order chi connectivity index (χ1) is 17.6. The van der Waals surface area contributed by atoms with Crippen LogP contribution < -0.4 is 21.6 Å². The zero-order chi connectivity index (χ0) is 26.7. The van der Waals surface area contributed by atoms with E-state index in [1.807, 2.05) is 24.3 Å². The molecule has 192 valence electrons. The highest BCUT2D eigenvalue weighted by molar-refractivity contribution is 6.36. The van der Waals surface area contributed by atoms with Crippen molar-refractivity contribution >= 4 is 51.4 Å². The number of aliphatic carboxylic acids is 1. The van der Waals surface area contributed by atoms with Gasteiger partial charge in [-0.15, -0.1) is 5.53 Å². The lowest BCUT2D eigenvalue weighted by atomic mass is 9.96. The van der Waals surface area contributed by atoms with Crippen LogP contribution in [0.15, 0.2) is 54.5 Å². The maximum absolute atomic E-state index is 11.2. The second-order valence-corrected chi connectivity index (χ2v) is 10.7. The van der Waals surface area contributed by atoms with Crippen LogP contribution in [0.4, 0.5) is 11.4 Å². The highest BCUT2D eigenvalue weighted by atomic mass is 35.5. The third kappa shape index (κ3) is 6.17. The molecule has 0 saturated carbocycles. The number of halogens is 2. The number of carboxylic acid groups (broad SMARTS) is 1. The van der Waals surface area contributed by atoms with Gasteiger partial charge in [0.05, 0.1) is 33.5 Å². The van der Waals surface area contributed by atoms with Crippen LogP contribution in [0.5, 0.6) is 0 Å². The summed E-state index contributed by atoms with van der Waals surface area (Å²) >= 11 is 13.2. The van der Waals surface area contributed by atoms with Crippen LogP contribution in [0.3, 0.4) is 0 Å². The lowest BCUT2D eigenvalue weighted by Crippen LogP contribution is -2.40. The van der Waals surface area contributed by atoms with E-state index < -0.39 is 12.0 Å². The van der Waals surface area contributed by atoms with Gasteiger partial charge in [-0.1, -0.05) is 62.2 Å². The molecule has 0 saturated heterocycles. The molecule has 37 heavy (non-hydrogen) atoms. The minimum absolute atomic E-state index is 0.0213. The molecule has 0 amide bonds. The van der Waals surface area contributed by atoms with Gasteiger partial charge in [0.15, 0.2) is 0 Å². The number of nitriles is 1. The molecule has 0 fully saturated rings. The van der Waals surface area contributed by atoms with Crippen molar-refractivity contribution in [1.82, 2.24) is 21.0 Å². The Morgan fingerprint density at radius 2 is 2.00 bits per heavy atom. The summed E-state index contributed by atoms with van der Waals surface area (Å²) in [5.74, 6) is -0.980. The molecule has 0 bridgehead atoms. The molecular weight excluding hydrogens is 513 g/mol. The van der Waals surface area contributed by atoms with Crippen molar-refractivity contribution in [1.29, 1.82) is 5.26 Å². The lowest BCUT2D eigenvalue weighted by molar-refractivity contribution is -0.138. The maximum atomic E-state index is 11.2. The minimum atomic E-state index is -0.980. The van der Waals surface area contributed by atoms with Crippen LogP contribution in [0.2, 0.25) is 10.0 Å². The number of fused-ring (bicyclic) bond motifs is 1. The van der Waals surface area contributed by atoms with Gasteiger partial charge in [-0.2, -0.15) is 5.26 Å². The molecule has 2 aromatic carbocycles. The van der Waals surface area contributed by atoms with E-state index in [1.165, 1.54) is 11.2 Å². The molecule has 0 radical (unpaired) electrons. The molecule has 5 N–H and O–H groups in total. The van der Waals surface area contributed by atoms with Gasteiger partial charge < -0.3 is 21.2 Å². The number of hydrogen-bond acceptors (Lipinski definition) is 8. The molecule has 1 unspecified atom stereocenters. The number of hydrogen-bond donors (Lipinski definition) is 5. The molecule has 1 aliphatic heterocycles. The third-order valence-electron chi connectivity index (χ3n) is 5.62. The van der Waals surface area contributed by atoms with Crippen LogP contribution in [-0.4, -0.2) is 34.2 Å². The van der Waals surface area contributed by atoms with Gasteiger partial charge >= 0.3 is 5.97 Å². The zero-order valence-corrected chi connectivity index (χ0v) is 22.1. The van der Waals surface area contributed by atoms with Crippen molar-refractivity contribution in [2.75, 3.05) is 23.7 Å². The molecule has 0 aliphatic carbocycles. The number of anilines is 2. The van der Waals surface area contributed by atoms with Crippen LogP contribution in [0.1, 0.15) is 37.9 Å². The van der Waals surface area contributed by atoms with E-state index >= 15 is 0 Å². The fourth-order valence-electron chi connectivity index (χ4n) is 3.92. The quantitative estimate of drug-likeness (QED) is 0.260. The molecule has 1 aromatic heterocycles. The van der Waals surface area contributed by atoms with Gasteiger partial charge in [-0.05, 0) is 29.2 Å². The van der Waals surface area contributed by atoms with Crippen molar-refractivity contribution in [3.63, 3.8) is 0 Å². The first-order valence-electron chi connectivity index (χ1n) is 11.5. The van der Waals surface area contributed by atoms with E-state index in [1.54, 1.807) is 18.3 Å². The Balaban J connectivity index is 1.79. The molecule has 1 atom stereocenters. The Morgan fingerprint density at radius 1 is 1.24 bits per heavy atom. The van der Waals surface area contributed by atoms with Gasteiger partial charge in [0, 0.05) is 35.0 Å². The van der Waals surface area contributed by atoms with Crippen LogP contribution in [-0.2, 0) is 4.79 Å². The average Bonchev–Trinajstić information content (AvgIpc) is 3.28. The van der Waals surface area contributed by atoms with Crippen LogP contribution >= 0.6 is 23.2 Å². The molecule has 0 spiro atoms. The fraction of sp³-hybridized carbons (Fsp3) is 0.269. The fourth-order valence-corrected chi connectivity index (χ4v) is 4.43. The molecule has 2 heterocycles. The number of aromatic nitrogens is 1. The van der Waals surface area contributed by atoms with Gasteiger partial charge in [0.1, 0.15) is 12.6 Å². The smallest absolute Gasteiger partial charge is 0.324 e. The monoisotopic (exact) mass is 539 g/mol. The van der Waals surface area contributed by atoms with E-state index in [0.29, 0.717) is 50.1 Å².